The fraction of sp³-hybridized carbons (Fsp3) is 0.462. The number of carboxylic acids is 1. The number of rotatable bonds is 14. The third-order valence-electron chi connectivity index (χ3n) is 5.71. The number of hydrogen-bond acceptors (Lipinski definition) is 4. The van der Waals surface area contributed by atoms with Gasteiger partial charge in [-0.1, -0.05) is 38.8 Å². The molecule has 7 nitrogen and oxygen atoms in total. The number of anilines is 1. The van der Waals surface area contributed by atoms with Gasteiger partial charge in [0.1, 0.15) is 12.4 Å². The number of carboxylic acid groups (broad SMARTS) is 1. The standard InChI is InChI=1S/C26H34F2N2O5/c1-4-18(5-2)17-30(26(33)29-20-9-12-22(27)23(28)16-20)13-14-35-21-10-7-19(8-11-21)15-24(25(31)32)34-6-3/h7-12,16,18,24H,4-6,13-15,17H2,1-3H3,(H,29,33)(H,31,32). The number of carbonyl (C=O) groups excluding carboxylic acids is 1. The van der Waals surface area contributed by atoms with Gasteiger partial charge in [0.2, 0.25) is 0 Å². The summed E-state index contributed by atoms with van der Waals surface area (Å²) in [7, 11) is 0. The quantitative estimate of drug-likeness (QED) is 0.371. The molecule has 35 heavy (non-hydrogen) atoms. The first kappa shape index (κ1) is 28.0. The number of aliphatic carboxylic acids is 1. The van der Waals surface area contributed by atoms with E-state index >= 15 is 0 Å². The van der Waals surface area contributed by atoms with E-state index in [1.165, 1.54) is 6.07 Å². The highest BCUT2D eigenvalue weighted by Crippen LogP contribution is 2.17. The van der Waals surface area contributed by atoms with Crippen molar-refractivity contribution in [2.45, 2.75) is 46.1 Å². The summed E-state index contributed by atoms with van der Waals surface area (Å²) in [4.78, 5) is 25.7. The summed E-state index contributed by atoms with van der Waals surface area (Å²) in [6.07, 6.45) is 1.13. The molecule has 1 atom stereocenters. The number of hydrogen-bond donors (Lipinski definition) is 2. The predicted molar refractivity (Wildman–Crippen MR) is 130 cm³/mol. The highest BCUT2D eigenvalue weighted by molar-refractivity contribution is 5.89. The van der Waals surface area contributed by atoms with E-state index in [0.717, 1.165) is 30.5 Å². The molecule has 0 aliphatic rings. The number of amides is 2. The predicted octanol–water partition coefficient (Wildman–Crippen LogP) is 5.35. The SMILES string of the molecule is CCOC(Cc1ccc(OCCN(CC(CC)CC)C(=O)Nc2ccc(F)c(F)c2)cc1)C(=O)O. The van der Waals surface area contributed by atoms with Crippen molar-refractivity contribution in [3.8, 4) is 5.75 Å². The number of ether oxygens (including phenoxy) is 2. The highest BCUT2D eigenvalue weighted by atomic mass is 19.2. The van der Waals surface area contributed by atoms with E-state index in [1.807, 2.05) is 0 Å². The maximum Gasteiger partial charge on any atom is 0.333 e. The summed E-state index contributed by atoms with van der Waals surface area (Å²) in [6.45, 7) is 7.18. The molecular weight excluding hydrogens is 458 g/mol. The molecule has 2 aromatic carbocycles. The van der Waals surface area contributed by atoms with Crippen molar-refractivity contribution in [3.05, 3.63) is 59.7 Å². The summed E-state index contributed by atoms with van der Waals surface area (Å²) < 4.78 is 37.8. The van der Waals surface area contributed by atoms with Crippen molar-refractivity contribution < 1.29 is 33.0 Å². The molecule has 2 amide bonds. The van der Waals surface area contributed by atoms with Gasteiger partial charge in [-0.3, -0.25) is 0 Å². The molecule has 2 N–H and O–H groups in total. The molecule has 2 rings (SSSR count). The monoisotopic (exact) mass is 492 g/mol. The molecule has 0 saturated carbocycles. The molecule has 0 saturated heterocycles. The van der Waals surface area contributed by atoms with E-state index < -0.39 is 29.7 Å². The van der Waals surface area contributed by atoms with Crippen LogP contribution < -0.4 is 10.1 Å². The third kappa shape index (κ3) is 9.16. The molecule has 0 fully saturated rings. The van der Waals surface area contributed by atoms with E-state index in [2.05, 4.69) is 19.2 Å². The van der Waals surface area contributed by atoms with Gasteiger partial charge in [0.15, 0.2) is 17.7 Å². The Hall–Kier alpha value is -3.20. The molecule has 192 valence electrons. The number of nitrogens with one attached hydrogen (secondary N) is 1. The first-order valence-corrected chi connectivity index (χ1v) is 11.8. The van der Waals surface area contributed by atoms with Gasteiger partial charge in [0, 0.05) is 31.3 Å². The van der Waals surface area contributed by atoms with E-state index in [4.69, 9.17) is 9.47 Å². The lowest BCUT2D eigenvalue weighted by Gasteiger charge is -2.27. The van der Waals surface area contributed by atoms with Crippen LogP contribution in [0.15, 0.2) is 42.5 Å². The number of nitrogens with zero attached hydrogens (tertiary/aromatic N) is 1. The topological polar surface area (TPSA) is 88.1 Å². The van der Waals surface area contributed by atoms with Crippen LogP contribution in [0.3, 0.4) is 0 Å². The molecule has 0 aliphatic carbocycles. The lowest BCUT2D eigenvalue weighted by molar-refractivity contribution is -0.149. The Balaban J connectivity index is 1.97. The lowest BCUT2D eigenvalue weighted by atomic mass is 10.0. The third-order valence-corrected chi connectivity index (χ3v) is 5.71. The van der Waals surface area contributed by atoms with Gasteiger partial charge in [-0.2, -0.15) is 0 Å². The fourth-order valence-electron chi connectivity index (χ4n) is 3.54. The van der Waals surface area contributed by atoms with Crippen molar-refractivity contribution >= 4 is 17.7 Å². The summed E-state index contributed by atoms with van der Waals surface area (Å²) >= 11 is 0. The van der Waals surface area contributed by atoms with E-state index in [0.29, 0.717) is 25.4 Å². The van der Waals surface area contributed by atoms with Crippen molar-refractivity contribution in [3.63, 3.8) is 0 Å². The number of halogens is 2. The molecule has 0 radical (unpaired) electrons. The van der Waals surface area contributed by atoms with Crippen LogP contribution in [-0.2, 0) is 16.0 Å². The van der Waals surface area contributed by atoms with Crippen LogP contribution in [-0.4, -0.2) is 54.4 Å². The molecule has 1 unspecified atom stereocenters. The Morgan fingerprint density at radius 1 is 1.03 bits per heavy atom. The van der Waals surface area contributed by atoms with Gasteiger partial charge >= 0.3 is 12.0 Å². The molecule has 0 spiro atoms. The number of urea groups is 1. The number of carbonyl (C=O) groups is 2. The molecule has 2 aromatic rings. The molecule has 0 bridgehead atoms. The van der Waals surface area contributed by atoms with Gasteiger partial charge in [-0.05, 0) is 42.7 Å². The molecule has 0 heterocycles. The zero-order valence-electron chi connectivity index (χ0n) is 20.4. The van der Waals surface area contributed by atoms with Gasteiger partial charge in [0.25, 0.3) is 0 Å². The van der Waals surface area contributed by atoms with E-state index in [-0.39, 0.29) is 24.6 Å². The van der Waals surface area contributed by atoms with Crippen molar-refractivity contribution in [2.24, 2.45) is 5.92 Å². The minimum atomic E-state index is -1.03. The van der Waals surface area contributed by atoms with Gasteiger partial charge in [-0.25, -0.2) is 18.4 Å². The first-order chi connectivity index (χ1) is 16.8. The van der Waals surface area contributed by atoms with Crippen LogP contribution in [0.25, 0.3) is 0 Å². The van der Waals surface area contributed by atoms with Crippen LogP contribution in [0.1, 0.15) is 39.2 Å². The Morgan fingerprint density at radius 3 is 2.29 bits per heavy atom. The molecular formula is C26H34F2N2O5. The van der Waals surface area contributed by atoms with Crippen molar-refractivity contribution in [2.75, 3.05) is 31.6 Å². The van der Waals surface area contributed by atoms with E-state index in [1.54, 1.807) is 36.1 Å². The largest absolute Gasteiger partial charge is 0.492 e. The van der Waals surface area contributed by atoms with Crippen molar-refractivity contribution in [1.29, 1.82) is 0 Å². The smallest absolute Gasteiger partial charge is 0.333 e. The van der Waals surface area contributed by atoms with Crippen LogP contribution in [0.4, 0.5) is 19.3 Å². The minimum Gasteiger partial charge on any atom is -0.492 e. The summed E-state index contributed by atoms with van der Waals surface area (Å²) in [5.41, 5.74) is 0.978. The summed E-state index contributed by atoms with van der Waals surface area (Å²) in [6, 6.07) is 9.85. The lowest BCUT2D eigenvalue weighted by Crippen LogP contribution is -2.41. The maximum atomic E-state index is 13.5. The normalized spacial score (nSPS) is 11.8. The molecule has 9 heteroatoms. The Kier molecular flexibility index (Phi) is 11.4. The van der Waals surface area contributed by atoms with Gasteiger partial charge in [-0.15, -0.1) is 0 Å². The average molecular weight is 493 g/mol. The zero-order valence-corrected chi connectivity index (χ0v) is 20.4. The maximum absolute atomic E-state index is 13.5. The van der Waals surface area contributed by atoms with Crippen LogP contribution in [0.2, 0.25) is 0 Å². The molecule has 0 aromatic heterocycles. The molecule has 0 aliphatic heterocycles. The van der Waals surface area contributed by atoms with Crippen LogP contribution >= 0.6 is 0 Å². The Bertz CT molecular complexity index is 951. The van der Waals surface area contributed by atoms with Crippen LogP contribution in [0, 0.1) is 17.6 Å². The second kappa shape index (κ2) is 14.3. The summed E-state index contributed by atoms with van der Waals surface area (Å²) in [5.74, 6) is -2.14. The second-order valence-corrected chi connectivity index (χ2v) is 8.17. The van der Waals surface area contributed by atoms with Crippen LogP contribution in [0.5, 0.6) is 5.75 Å². The fourth-order valence-corrected chi connectivity index (χ4v) is 3.54. The second-order valence-electron chi connectivity index (χ2n) is 8.17. The highest BCUT2D eigenvalue weighted by Gasteiger charge is 2.19. The Labute approximate surface area is 205 Å². The summed E-state index contributed by atoms with van der Waals surface area (Å²) in [5, 5.41) is 11.9. The number of benzene rings is 2. The Morgan fingerprint density at radius 2 is 1.71 bits per heavy atom. The van der Waals surface area contributed by atoms with Gasteiger partial charge in [0.05, 0.1) is 6.54 Å². The van der Waals surface area contributed by atoms with Crippen molar-refractivity contribution in [1.82, 2.24) is 4.90 Å². The van der Waals surface area contributed by atoms with E-state index in [9.17, 15) is 23.5 Å². The average Bonchev–Trinajstić information content (AvgIpc) is 2.84. The van der Waals surface area contributed by atoms with Gasteiger partial charge < -0.3 is 24.8 Å². The zero-order chi connectivity index (χ0) is 25.8. The first-order valence-electron chi connectivity index (χ1n) is 11.8. The minimum absolute atomic E-state index is 0.173.